The standard InChI is InChI=1S/C12H15Cl2N/c1-8(2)7-15-9(3)11-5-4-10(13)6-12(11)14/h4-6,9,15H,1,7H2,2-3H3/t9-/m0/s1. The van der Waals surface area contributed by atoms with Crippen molar-refractivity contribution in [1.29, 1.82) is 0 Å². The number of nitrogens with one attached hydrogen (secondary N) is 1. The molecule has 0 amide bonds. The molecule has 82 valence electrons. The minimum atomic E-state index is 0.200. The Morgan fingerprint density at radius 3 is 2.67 bits per heavy atom. The van der Waals surface area contributed by atoms with Crippen LogP contribution < -0.4 is 5.32 Å². The Labute approximate surface area is 101 Å². The molecule has 0 aliphatic rings. The van der Waals surface area contributed by atoms with E-state index >= 15 is 0 Å². The van der Waals surface area contributed by atoms with Crippen LogP contribution in [0.5, 0.6) is 0 Å². The van der Waals surface area contributed by atoms with E-state index in [2.05, 4.69) is 18.8 Å². The SMILES string of the molecule is C=C(C)CN[C@@H](C)c1ccc(Cl)cc1Cl. The number of rotatable bonds is 4. The molecule has 0 saturated heterocycles. The highest BCUT2D eigenvalue weighted by molar-refractivity contribution is 6.35. The van der Waals surface area contributed by atoms with Crippen molar-refractivity contribution in [1.82, 2.24) is 5.32 Å². The largest absolute Gasteiger partial charge is 0.306 e. The predicted molar refractivity (Wildman–Crippen MR) is 67.7 cm³/mol. The molecule has 0 radical (unpaired) electrons. The van der Waals surface area contributed by atoms with Crippen LogP contribution in [0.2, 0.25) is 10.0 Å². The molecular weight excluding hydrogens is 229 g/mol. The topological polar surface area (TPSA) is 12.0 Å². The van der Waals surface area contributed by atoms with E-state index in [9.17, 15) is 0 Å². The lowest BCUT2D eigenvalue weighted by atomic mass is 10.1. The summed E-state index contributed by atoms with van der Waals surface area (Å²) < 4.78 is 0. The van der Waals surface area contributed by atoms with Gasteiger partial charge < -0.3 is 5.32 Å². The van der Waals surface area contributed by atoms with Crippen molar-refractivity contribution in [2.24, 2.45) is 0 Å². The van der Waals surface area contributed by atoms with Crippen molar-refractivity contribution in [3.63, 3.8) is 0 Å². The molecule has 0 fully saturated rings. The zero-order chi connectivity index (χ0) is 11.4. The number of halogens is 2. The molecule has 0 spiro atoms. The van der Waals surface area contributed by atoms with Crippen molar-refractivity contribution in [2.75, 3.05) is 6.54 Å². The van der Waals surface area contributed by atoms with Crippen LogP contribution in [0.1, 0.15) is 25.5 Å². The number of benzene rings is 1. The highest BCUT2D eigenvalue weighted by Gasteiger charge is 2.08. The fourth-order valence-electron chi connectivity index (χ4n) is 1.29. The molecule has 1 rings (SSSR count). The minimum Gasteiger partial charge on any atom is -0.306 e. The normalized spacial score (nSPS) is 12.5. The molecule has 0 heterocycles. The molecule has 0 aromatic heterocycles. The van der Waals surface area contributed by atoms with Gasteiger partial charge in [0, 0.05) is 22.6 Å². The highest BCUT2D eigenvalue weighted by Crippen LogP contribution is 2.25. The molecule has 1 aromatic rings. The average Bonchev–Trinajstić information content (AvgIpc) is 2.14. The first-order chi connectivity index (χ1) is 7.00. The summed E-state index contributed by atoms with van der Waals surface area (Å²) in [6.07, 6.45) is 0. The van der Waals surface area contributed by atoms with Gasteiger partial charge >= 0.3 is 0 Å². The number of hydrogen-bond acceptors (Lipinski definition) is 1. The predicted octanol–water partition coefficient (Wildman–Crippen LogP) is 4.22. The van der Waals surface area contributed by atoms with Crippen LogP contribution in [0.25, 0.3) is 0 Å². The van der Waals surface area contributed by atoms with Crippen LogP contribution >= 0.6 is 23.2 Å². The van der Waals surface area contributed by atoms with Gasteiger partial charge in [-0.25, -0.2) is 0 Å². The summed E-state index contributed by atoms with van der Waals surface area (Å²) >= 11 is 11.9. The van der Waals surface area contributed by atoms with Gasteiger partial charge in [0.2, 0.25) is 0 Å². The third kappa shape index (κ3) is 3.86. The summed E-state index contributed by atoms with van der Waals surface area (Å²) in [5, 5.41) is 4.69. The van der Waals surface area contributed by atoms with Crippen LogP contribution in [-0.2, 0) is 0 Å². The lowest BCUT2D eigenvalue weighted by molar-refractivity contribution is 0.607. The average molecular weight is 244 g/mol. The summed E-state index contributed by atoms with van der Waals surface area (Å²) in [4.78, 5) is 0. The summed E-state index contributed by atoms with van der Waals surface area (Å²) in [5.41, 5.74) is 2.16. The first-order valence-electron chi connectivity index (χ1n) is 4.83. The fraction of sp³-hybridized carbons (Fsp3) is 0.333. The van der Waals surface area contributed by atoms with Gasteiger partial charge in [-0.2, -0.15) is 0 Å². The molecule has 0 saturated carbocycles. The van der Waals surface area contributed by atoms with Gasteiger partial charge in [-0.3, -0.25) is 0 Å². The second kappa shape index (κ2) is 5.55. The lowest BCUT2D eigenvalue weighted by Crippen LogP contribution is -2.20. The smallest absolute Gasteiger partial charge is 0.0468 e. The van der Waals surface area contributed by atoms with Crippen molar-refractivity contribution in [3.05, 3.63) is 46.0 Å². The monoisotopic (exact) mass is 243 g/mol. The summed E-state index contributed by atoms with van der Waals surface area (Å²) in [6.45, 7) is 8.69. The van der Waals surface area contributed by atoms with Gasteiger partial charge in [-0.15, -0.1) is 0 Å². The second-order valence-electron chi connectivity index (χ2n) is 3.73. The van der Waals surface area contributed by atoms with E-state index in [4.69, 9.17) is 23.2 Å². The molecule has 3 heteroatoms. The van der Waals surface area contributed by atoms with Crippen molar-refractivity contribution >= 4 is 23.2 Å². The van der Waals surface area contributed by atoms with Gasteiger partial charge in [0.05, 0.1) is 0 Å². The van der Waals surface area contributed by atoms with Crippen LogP contribution in [0, 0.1) is 0 Å². The van der Waals surface area contributed by atoms with E-state index in [1.165, 1.54) is 0 Å². The zero-order valence-corrected chi connectivity index (χ0v) is 10.5. The van der Waals surface area contributed by atoms with E-state index < -0.39 is 0 Å². The van der Waals surface area contributed by atoms with E-state index in [0.29, 0.717) is 10.0 Å². The van der Waals surface area contributed by atoms with Gasteiger partial charge in [0.25, 0.3) is 0 Å². The molecule has 1 aromatic carbocycles. The molecule has 0 aliphatic carbocycles. The Balaban J connectivity index is 2.73. The fourth-order valence-corrected chi connectivity index (χ4v) is 1.86. The first-order valence-corrected chi connectivity index (χ1v) is 5.59. The van der Waals surface area contributed by atoms with E-state index in [-0.39, 0.29) is 6.04 Å². The molecule has 0 aliphatic heterocycles. The molecule has 1 N–H and O–H groups in total. The second-order valence-corrected chi connectivity index (χ2v) is 4.57. The number of hydrogen-bond donors (Lipinski definition) is 1. The molecule has 0 bridgehead atoms. The van der Waals surface area contributed by atoms with Crippen molar-refractivity contribution in [2.45, 2.75) is 19.9 Å². The van der Waals surface area contributed by atoms with E-state index in [1.807, 2.05) is 19.1 Å². The maximum Gasteiger partial charge on any atom is 0.0468 e. The van der Waals surface area contributed by atoms with Crippen molar-refractivity contribution < 1.29 is 0 Å². The first kappa shape index (κ1) is 12.6. The van der Waals surface area contributed by atoms with Gasteiger partial charge in [-0.1, -0.05) is 41.4 Å². The minimum absolute atomic E-state index is 0.200. The molecule has 1 nitrogen and oxygen atoms in total. The Kier molecular flexibility index (Phi) is 4.65. The summed E-state index contributed by atoms with van der Waals surface area (Å²) in [7, 11) is 0. The zero-order valence-electron chi connectivity index (χ0n) is 8.98. The van der Waals surface area contributed by atoms with Crippen molar-refractivity contribution in [3.8, 4) is 0 Å². The van der Waals surface area contributed by atoms with Crippen LogP contribution in [-0.4, -0.2) is 6.54 Å². The van der Waals surface area contributed by atoms with Gasteiger partial charge in [0.1, 0.15) is 0 Å². The summed E-state index contributed by atoms with van der Waals surface area (Å²) in [5.74, 6) is 0. The maximum absolute atomic E-state index is 6.09. The Bertz CT molecular complexity index is 361. The highest BCUT2D eigenvalue weighted by atomic mass is 35.5. The third-order valence-corrected chi connectivity index (χ3v) is 2.70. The van der Waals surface area contributed by atoms with E-state index in [0.717, 1.165) is 17.7 Å². The Morgan fingerprint density at radius 2 is 2.13 bits per heavy atom. The quantitative estimate of drug-likeness (QED) is 0.782. The molecule has 0 unspecified atom stereocenters. The third-order valence-electron chi connectivity index (χ3n) is 2.14. The van der Waals surface area contributed by atoms with Crippen LogP contribution in [0.4, 0.5) is 0 Å². The molecule has 1 atom stereocenters. The Hall–Kier alpha value is -0.500. The van der Waals surface area contributed by atoms with E-state index in [1.54, 1.807) is 6.07 Å². The van der Waals surface area contributed by atoms with Gasteiger partial charge in [-0.05, 0) is 31.5 Å². The molecular formula is C12H15Cl2N. The van der Waals surface area contributed by atoms with Gasteiger partial charge in [0.15, 0.2) is 0 Å². The molecule has 15 heavy (non-hydrogen) atoms. The van der Waals surface area contributed by atoms with Crippen LogP contribution in [0.15, 0.2) is 30.4 Å². The maximum atomic E-state index is 6.09. The Morgan fingerprint density at radius 1 is 1.47 bits per heavy atom. The lowest BCUT2D eigenvalue weighted by Gasteiger charge is -2.15. The van der Waals surface area contributed by atoms with Crippen LogP contribution in [0.3, 0.4) is 0 Å². The summed E-state index contributed by atoms with van der Waals surface area (Å²) in [6, 6.07) is 5.76.